The molecule has 0 saturated carbocycles. The molecule has 2 aromatic heterocycles. The van der Waals surface area contributed by atoms with E-state index in [4.69, 9.17) is 4.42 Å². The van der Waals surface area contributed by atoms with E-state index in [-0.39, 0.29) is 0 Å². The summed E-state index contributed by atoms with van der Waals surface area (Å²) >= 11 is 3.39. The number of nitrogens with one attached hydrogen (secondary N) is 1. The topological polar surface area (TPSA) is 51.0 Å². The van der Waals surface area contributed by atoms with Crippen LogP contribution in [-0.4, -0.2) is 16.5 Å². The van der Waals surface area contributed by atoms with E-state index in [1.165, 1.54) is 0 Å². The molecule has 0 unspecified atom stereocenters. The summed E-state index contributed by atoms with van der Waals surface area (Å²) in [6.45, 7) is 4.73. The van der Waals surface area contributed by atoms with E-state index in [2.05, 4.69) is 31.2 Å². The maximum atomic E-state index is 5.47. The van der Waals surface area contributed by atoms with Crippen LogP contribution < -0.4 is 5.32 Å². The van der Waals surface area contributed by atoms with E-state index in [9.17, 15) is 0 Å². The molecule has 0 bridgehead atoms. The Morgan fingerprint density at radius 2 is 2.25 bits per heavy atom. The SMILES string of the molecule is CCNc1nc(-c2ccc(C)o2)ncc1Br. The Balaban J connectivity index is 2.39. The van der Waals surface area contributed by atoms with Gasteiger partial charge in [-0.3, -0.25) is 0 Å². The molecule has 0 fully saturated rings. The molecule has 0 radical (unpaired) electrons. The summed E-state index contributed by atoms with van der Waals surface area (Å²) < 4.78 is 6.32. The van der Waals surface area contributed by atoms with Crippen molar-refractivity contribution >= 4 is 21.7 Å². The van der Waals surface area contributed by atoms with E-state index < -0.39 is 0 Å². The number of aromatic nitrogens is 2. The summed E-state index contributed by atoms with van der Waals surface area (Å²) in [5, 5.41) is 3.15. The zero-order valence-corrected chi connectivity index (χ0v) is 10.7. The van der Waals surface area contributed by atoms with Crippen molar-refractivity contribution in [3.8, 4) is 11.6 Å². The Morgan fingerprint density at radius 3 is 2.88 bits per heavy atom. The Bertz CT molecular complexity index is 496. The minimum atomic E-state index is 0.590. The largest absolute Gasteiger partial charge is 0.458 e. The third kappa shape index (κ3) is 2.24. The molecule has 1 N–H and O–H groups in total. The first kappa shape index (κ1) is 11.1. The standard InChI is InChI=1S/C11H12BrN3O/c1-3-13-10-8(12)6-14-11(15-10)9-5-4-7(2)16-9/h4-6H,3H2,1-2H3,(H,13,14,15). The summed E-state index contributed by atoms with van der Waals surface area (Å²) in [4.78, 5) is 8.60. The lowest BCUT2D eigenvalue weighted by atomic mass is 10.4. The number of furan rings is 1. The van der Waals surface area contributed by atoms with E-state index in [0.29, 0.717) is 11.6 Å². The molecule has 16 heavy (non-hydrogen) atoms. The molecule has 84 valence electrons. The average Bonchev–Trinajstić information content (AvgIpc) is 2.69. The van der Waals surface area contributed by atoms with Crippen LogP contribution in [0.2, 0.25) is 0 Å². The van der Waals surface area contributed by atoms with Crippen molar-refractivity contribution < 1.29 is 4.42 Å². The fourth-order valence-corrected chi connectivity index (χ4v) is 1.66. The third-order valence-corrected chi connectivity index (χ3v) is 2.63. The maximum Gasteiger partial charge on any atom is 0.197 e. The zero-order chi connectivity index (χ0) is 11.5. The number of rotatable bonds is 3. The molecule has 0 spiro atoms. The molecule has 0 aliphatic rings. The molecule has 0 saturated heterocycles. The number of halogens is 1. The van der Waals surface area contributed by atoms with Crippen molar-refractivity contribution in [3.05, 3.63) is 28.6 Å². The van der Waals surface area contributed by atoms with Crippen molar-refractivity contribution in [1.29, 1.82) is 0 Å². The molecule has 5 heteroatoms. The Labute approximate surface area is 102 Å². The second-order valence-corrected chi connectivity index (χ2v) is 4.19. The van der Waals surface area contributed by atoms with Gasteiger partial charge >= 0.3 is 0 Å². The van der Waals surface area contributed by atoms with Gasteiger partial charge in [-0.2, -0.15) is 0 Å². The normalized spacial score (nSPS) is 10.4. The Hall–Kier alpha value is -1.36. The van der Waals surface area contributed by atoms with Gasteiger partial charge in [0, 0.05) is 12.7 Å². The van der Waals surface area contributed by atoms with Gasteiger partial charge in [0.2, 0.25) is 0 Å². The van der Waals surface area contributed by atoms with Crippen molar-refractivity contribution in [3.63, 3.8) is 0 Å². The minimum Gasteiger partial charge on any atom is -0.458 e. The molecule has 0 aromatic carbocycles. The van der Waals surface area contributed by atoms with Gasteiger partial charge in [-0.15, -0.1) is 0 Å². The average molecular weight is 282 g/mol. The van der Waals surface area contributed by atoms with Gasteiger partial charge in [-0.05, 0) is 41.9 Å². The van der Waals surface area contributed by atoms with Crippen LogP contribution in [0, 0.1) is 6.92 Å². The lowest BCUT2D eigenvalue weighted by Crippen LogP contribution is -2.02. The molecular weight excluding hydrogens is 270 g/mol. The van der Waals surface area contributed by atoms with Crippen molar-refractivity contribution in [1.82, 2.24) is 9.97 Å². The maximum absolute atomic E-state index is 5.47. The van der Waals surface area contributed by atoms with E-state index in [1.54, 1.807) is 6.20 Å². The monoisotopic (exact) mass is 281 g/mol. The van der Waals surface area contributed by atoms with Crippen LogP contribution in [0.25, 0.3) is 11.6 Å². The molecule has 2 heterocycles. The summed E-state index contributed by atoms with van der Waals surface area (Å²) in [6, 6.07) is 3.77. The van der Waals surface area contributed by atoms with Gasteiger partial charge in [0.25, 0.3) is 0 Å². The molecule has 2 aromatic rings. The quantitative estimate of drug-likeness (QED) is 0.939. The van der Waals surface area contributed by atoms with Crippen LogP contribution in [0.4, 0.5) is 5.82 Å². The molecule has 4 nitrogen and oxygen atoms in total. The van der Waals surface area contributed by atoms with Crippen LogP contribution >= 0.6 is 15.9 Å². The van der Waals surface area contributed by atoms with Gasteiger partial charge < -0.3 is 9.73 Å². The van der Waals surface area contributed by atoms with Crippen LogP contribution in [0.3, 0.4) is 0 Å². The zero-order valence-electron chi connectivity index (χ0n) is 9.12. The highest BCUT2D eigenvalue weighted by atomic mass is 79.9. The highest BCUT2D eigenvalue weighted by Gasteiger charge is 2.09. The van der Waals surface area contributed by atoms with E-state index >= 15 is 0 Å². The van der Waals surface area contributed by atoms with Crippen molar-refractivity contribution in [2.75, 3.05) is 11.9 Å². The van der Waals surface area contributed by atoms with Gasteiger partial charge in [0.05, 0.1) is 4.47 Å². The number of hydrogen-bond donors (Lipinski definition) is 1. The van der Waals surface area contributed by atoms with Gasteiger partial charge in [-0.25, -0.2) is 9.97 Å². The predicted octanol–water partition coefficient (Wildman–Crippen LogP) is 3.24. The summed E-state index contributed by atoms with van der Waals surface area (Å²) in [7, 11) is 0. The second kappa shape index (κ2) is 4.65. The number of aryl methyl sites for hydroxylation is 1. The van der Waals surface area contributed by atoms with Crippen LogP contribution in [-0.2, 0) is 0 Å². The van der Waals surface area contributed by atoms with Crippen molar-refractivity contribution in [2.24, 2.45) is 0 Å². The van der Waals surface area contributed by atoms with E-state index in [0.717, 1.165) is 22.6 Å². The first-order chi connectivity index (χ1) is 7.70. The molecule has 0 amide bonds. The van der Waals surface area contributed by atoms with Gasteiger partial charge in [0.1, 0.15) is 11.6 Å². The van der Waals surface area contributed by atoms with Crippen LogP contribution in [0.15, 0.2) is 27.2 Å². The molecule has 0 aliphatic carbocycles. The van der Waals surface area contributed by atoms with Crippen LogP contribution in [0.1, 0.15) is 12.7 Å². The summed E-state index contributed by atoms with van der Waals surface area (Å²) in [5.41, 5.74) is 0. The fraction of sp³-hybridized carbons (Fsp3) is 0.273. The number of hydrogen-bond acceptors (Lipinski definition) is 4. The van der Waals surface area contributed by atoms with E-state index in [1.807, 2.05) is 26.0 Å². The third-order valence-electron chi connectivity index (χ3n) is 2.05. The lowest BCUT2D eigenvalue weighted by Gasteiger charge is -2.05. The van der Waals surface area contributed by atoms with Gasteiger partial charge in [0.15, 0.2) is 11.6 Å². The Kier molecular flexibility index (Phi) is 3.24. The first-order valence-corrected chi connectivity index (χ1v) is 5.83. The van der Waals surface area contributed by atoms with Crippen LogP contribution in [0.5, 0.6) is 0 Å². The smallest absolute Gasteiger partial charge is 0.197 e. The second-order valence-electron chi connectivity index (χ2n) is 3.33. The highest BCUT2D eigenvalue weighted by molar-refractivity contribution is 9.10. The molecule has 2 rings (SSSR count). The minimum absolute atomic E-state index is 0.590. The number of anilines is 1. The molecule has 0 aliphatic heterocycles. The fourth-order valence-electron chi connectivity index (χ4n) is 1.33. The Morgan fingerprint density at radius 1 is 1.44 bits per heavy atom. The summed E-state index contributed by atoms with van der Waals surface area (Å²) in [5.74, 6) is 2.91. The molecule has 0 atom stereocenters. The van der Waals surface area contributed by atoms with Crippen molar-refractivity contribution in [2.45, 2.75) is 13.8 Å². The summed E-state index contributed by atoms with van der Waals surface area (Å²) in [6.07, 6.45) is 1.72. The predicted molar refractivity (Wildman–Crippen MR) is 66.3 cm³/mol. The highest BCUT2D eigenvalue weighted by Crippen LogP contribution is 2.24. The lowest BCUT2D eigenvalue weighted by molar-refractivity contribution is 0.544. The molecular formula is C11H12BrN3O. The number of nitrogens with zero attached hydrogens (tertiary/aromatic N) is 2. The first-order valence-electron chi connectivity index (χ1n) is 5.04. The van der Waals surface area contributed by atoms with Gasteiger partial charge in [-0.1, -0.05) is 0 Å².